The summed E-state index contributed by atoms with van der Waals surface area (Å²) < 4.78 is 0. The maximum atomic E-state index is 12.9. The van der Waals surface area contributed by atoms with E-state index in [-0.39, 0.29) is 5.91 Å². The second kappa shape index (κ2) is 5.72. The Morgan fingerprint density at radius 3 is 2.88 bits per heavy atom. The normalized spacial score (nSPS) is 24.2. The van der Waals surface area contributed by atoms with E-state index in [4.69, 9.17) is 0 Å². The highest BCUT2D eigenvalue weighted by molar-refractivity contribution is 5.94. The number of rotatable bonds is 2. The highest BCUT2D eigenvalue weighted by Crippen LogP contribution is 2.33. The van der Waals surface area contributed by atoms with Crippen molar-refractivity contribution in [2.45, 2.75) is 25.0 Å². The molecule has 0 spiro atoms. The Labute approximate surface area is 141 Å². The average molecular weight is 326 g/mol. The highest BCUT2D eigenvalue weighted by atomic mass is 16.3. The minimum absolute atomic E-state index is 0.0883. The Hall–Kier alpha value is -2.18. The number of aromatic nitrogens is 2. The molecule has 126 valence electrons. The molecule has 1 saturated heterocycles. The topological polar surface area (TPSA) is 72.5 Å². The zero-order chi connectivity index (χ0) is 16.7. The summed E-state index contributed by atoms with van der Waals surface area (Å²) in [6, 6.07) is 9.59. The average Bonchev–Trinajstić information content (AvgIpc) is 3.19. The number of nitrogens with one attached hydrogen (secondary N) is 1. The van der Waals surface area contributed by atoms with Crippen molar-refractivity contribution in [3.63, 3.8) is 0 Å². The van der Waals surface area contributed by atoms with Gasteiger partial charge in [0.2, 0.25) is 0 Å². The van der Waals surface area contributed by atoms with Gasteiger partial charge in [-0.05, 0) is 19.0 Å². The number of nitrogens with zero attached hydrogens (tertiary/aromatic N) is 3. The number of likely N-dealkylation sites (tertiary alicyclic amines) is 1. The first-order chi connectivity index (χ1) is 11.6. The van der Waals surface area contributed by atoms with Crippen molar-refractivity contribution in [1.82, 2.24) is 20.0 Å². The van der Waals surface area contributed by atoms with Crippen molar-refractivity contribution < 1.29 is 9.90 Å². The summed E-state index contributed by atoms with van der Waals surface area (Å²) >= 11 is 0. The molecular weight excluding hydrogens is 304 g/mol. The van der Waals surface area contributed by atoms with Crippen molar-refractivity contribution in [3.05, 3.63) is 52.8 Å². The summed E-state index contributed by atoms with van der Waals surface area (Å²) in [5.74, 6) is -0.0883. The monoisotopic (exact) mass is 326 g/mol. The second-order valence-corrected chi connectivity index (χ2v) is 6.89. The fraction of sp³-hybridized carbons (Fsp3) is 0.444. The summed E-state index contributed by atoms with van der Waals surface area (Å²) in [5.41, 5.74) is 2.47. The molecule has 2 aliphatic rings. The third-order valence-corrected chi connectivity index (χ3v) is 5.17. The molecule has 1 fully saturated rings. The van der Waals surface area contributed by atoms with E-state index in [1.165, 1.54) is 0 Å². The van der Waals surface area contributed by atoms with Gasteiger partial charge in [-0.2, -0.15) is 5.10 Å². The summed E-state index contributed by atoms with van der Waals surface area (Å²) in [6.07, 6.45) is 1.44. The minimum Gasteiger partial charge on any atom is -0.383 e. The van der Waals surface area contributed by atoms with E-state index in [1.54, 1.807) is 4.90 Å². The van der Waals surface area contributed by atoms with Crippen LogP contribution in [0.15, 0.2) is 30.3 Å². The number of benzene rings is 1. The Balaban J connectivity index is 1.56. The number of aromatic amines is 1. The molecule has 1 aromatic carbocycles. The Kier molecular flexibility index (Phi) is 3.66. The van der Waals surface area contributed by atoms with Gasteiger partial charge < -0.3 is 14.9 Å². The van der Waals surface area contributed by atoms with Crippen molar-refractivity contribution in [1.29, 1.82) is 0 Å². The van der Waals surface area contributed by atoms with E-state index >= 15 is 0 Å². The number of carbonyl (C=O) groups excluding carboxylic acids is 1. The zero-order valence-corrected chi connectivity index (χ0v) is 13.8. The number of H-pyrrole nitrogens is 1. The number of likely N-dealkylation sites (N-methyl/N-ethyl adjacent to an activating group) is 1. The molecule has 0 aliphatic carbocycles. The summed E-state index contributed by atoms with van der Waals surface area (Å²) in [7, 11) is 2.05. The summed E-state index contributed by atoms with van der Waals surface area (Å²) in [6.45, 7) is 2.57. The fourth-order valence-electron chi connectivity index (χ4n) is 3.71. The molecule has 0 unspecified atom stereocenters. The van der Waals surface area contributed by atoms with Crippen LogP contribution in [0.2, 0.25) is 0 Å². The van der Waals surface area contributed by atoms with Crippen LogP contribution in [0.5, 0.6) is 0 Å². The lowest BCUT2D eigenvalue weighted by atomic mass is 9.93. The van der Waals surface area contributed by atoms with E-state index in [9.17, 15) is 9.90 Å². The lowest BCUT2D eigenvalue weighted by Gasteiger charge is -2.25. The molecule has 1 atom stereocenters. The molecule has 0 radical (unpaired) electrons. The molecule has 24 heavy (non-hydrogen) atoms. The number of amides is 1. The lowest BCUT2D eigenvalue weighted by molar-refractivity contribution is 0.0415. The first-order valence-corrected chi connectivity index (χ1v) is 8.39. The third kappa shape index (κ3) is 2.52. The van der Waals surface area contributed by atoms with Gasteiger partial charge in [-0.25, -0.2) is 0 Å². The maximum absolute atomic E-state index is 12.9. The number of aliphatic hydroxyl groups is 1. The first kappa shape index (κ1) is 15.4. The van der Waals surface area contributed by atoms with Gasteiger partial charge in [0.15, 0.2) is 5.69 Å². The molecule has 0 bridgehead atoms. The van der Waals surface area contributed by atoms with Crippen LogP contribution in [0.25, 0.3) is 0 Å². The predicted molar refractivity (Wildman–Crippen MR) is 89.5 cm³/mol. The van der Waals surface area contributed by atoms with Crippen LogP contribution in [0.4, 0.5) is 0 Å². The summed E-state index contributed by atoms with van der Waals surface area (Å²) in [4.78, 5) is 16.8. The van der Waals surface area contributed by atoms with E-state index < -0.39 is 5.60 Å². The number of hydrogen-bond donors (Lipinski definition) is 2. The van der Waals surface area contributed by atoms with Gasteiger partial charge in [0.25, 0.3) is 5.91 Å². The lowest BCUT2D eigenvalue weighted by Crippen LogP contribution is -2.35. The predicted octanol–water partition coefficient (Wildman–Crippen LogP) is 1.13. The van der Waals surface area contributed by atoms with Crippen LogP contribution in [-0.4, -0.2) is 57.7 Å². The quantitative estimate of drug-likeness (QED) is 0.868. The van der Waals surface area contributed by atoms with Crippen LogP contribution in [0, 0.1) is 0 Å². The van der Waals surface area contributed by atoms with E-state index in [0.29, 0.717) is 25.2 Å². The molecule has 4 rings (SSSR count). The molecule has 2 aliphatic heterocycles. The largest absolute Gasteiger partial charge is 0.383 e. The third-order valence-electron chi connectivity index (χ3n) is 5.17. The number of carbonyl (C=O) groups is 1. The van der Waals surface area contributed by atoms with Gasteiger partial charge in [-0.15, -0.1) is 0 Å². The summed E-state index contributed by atoms with van der Waals surface area (Å²) in [5, 5.41) is 18.2. The van der Waals surface area contributed by atoms with Gasteiger partial charge >= 0.3 is 0 Å². The van der Waals surface area contributed by atoms with Crippen molar-refractivity contribution >= 4 is 5.91 Å². The molecule has 0 saturated carbocycles. The molecule has 3 heterocycles. The number of β-amino-alcohol motifs (C(OH)–C–C–N with tert-alkyl or cyclic N) is 1. The van der Waals surface area contributed by atoms with Gasteiger partial charge in [0.1, 0.15) is 5.60 Å². The van der Waals surface area contributed by atoms with Crippen LogP contribution in [0.1, 0.15) is 33.7 Å². The van der Waals surface area contributed by atoms with Crippen molar-refractivity contribution in [2.24, 2.45) is 0 Å². The van der Waals surface area contributed by atoms with Crippen molar-refractivity contribution in [2.75, 3.05) is 26.7 Å². The molecular formula is C18H22N4O2. The molecule has 6 nitrogen and oxygen atoms in total. The van der Waals surface area contributed by atoms with Crippen LogP contribution >= 0.6 is 0 Å². The van der Waals surface area contributed by atoms with Crippen LogP contribution < -0.4 is 0 Å². The molecule has 2 N–H and O–H groups in total. The van der Waals surface area contributed by atoms with Crippen LogP contribution in [0.3, 0.4) is 0 Å². The number of hydrogen-bond acceptors (Lipinski definition) is 4. The van der Waals surface area contributed by atoms with E-state index in [0.717, 1.165) is 36.3 Å². The Morgan fingerprint density at radius 1 is 1.29 bits per heavy atom. The van der Waals surface area contributed by atoms with Gasteiger partial charge in [-0.1, -0.05) is 30.3 Å². The van der Waals surface area contributed by atoms with Gasteiger partial charge in [-0.3, -0.25) is 9.89 Å². The SMILES string of the molecule is CN1CCc2[nH]nc(C(=O)N3CC[C@@](O)(c4ccccc4)C3)c2C1. The van der Waals surface area contributed by atoms with E-state index in [2.05, 4.69) is 15.1 Å². The van der Waals surface area contributed by atoms with Crippen molar-refractivity contribution in [3.8, 4) is 0 Å². The fourth-order valence-corrected chi connectivity index (χ4v) is 3.71. The molecule has 1 aromatic heterocycles. The maximum Gasteiger partial charge on any atom is 0.274 e. The Morgan fingerprint density at radius 2 is 2.08 bits per heavy atom. The second-order valence-electron chi connectivity index (χ2n) is 6.89. The van der Waals surface area contributed by atoms with E-state index in [1.807, 2.05) is 37.4 Å². The smallest absolute Gasteiger partial charge is 0.274 e. The number of fused-ring (bicyclic) bond motifs is 1. The molecule has 1 amide bonds. The highest BCUT2D eigenvalue weighted by Gasteiger charge is 2.41. The Bertz CT molecular complexity index is 758. The van der Waals surface area contributed by atoms with Gasteiger partial charge in [0.05, 0.1) is 6.54 Å². The standard InChI is InChI=1S/C18H22N4O2/c1-21-9-7-15-14(11-21)16(20-19-15)17(23)22-10-8-18(24,12-22)13-5-3-2-4-6-13/h2-6,24H,7-12H2,1H3,(H,19,20)/t18-/m0/s1. The van der Waals surface area contributed by atoms with Gasteiger partial charge in [0, 0.05) is 37.3 Å². The first-order valence-electron chi connectivity index (χ1n) is 8.39. The van der Waals surface area contributed by atoms with Crippen LogP contribution in [-0.2, 0) is 18.6 Å². The molecule has 2 aromatic rings. The zero-order valence-electron chi connectivity index (χ0n) is 13.8. The molecule has 6 heteroatoms. The minimum atomic E-state index is -0.968.